The molecule has 0 bridgehead atoms. The van der Waals surface area contributed by atoms with Gasteiger partial charge in [0.25, 0.3) is 0 Å². The van der Waals surface area contributed by atoms with Crippen LogP contribution >= 0.6 is 0 Å². The van der Waals surface area contributed by atoms with E-state index in [4.69, 9.17) is 0 Å². The van der Waals surface area contributed by atoms with Crippen LogP contribution in [0.3, 0.4) is 0 Å². The van der Waals surface area contributed by atoms with Crippen LogP contribution in [-0.2, 0) is 0 Å². The van der Waals surface area contributed by atoms with Crippen LogP contribution in [0.5, 0.6) is 0 Å². The minimum absolute atomic E-state index is 0.768. The van der Waals surface area contributed by atoms with E-state index >= 15 is 0 Å². The highest BCUT2D eigenvalue weighted by atomic mass is 15.3. The standard InChI is InChI=1S/C6H15N3/c1-4-8-6(2)5-9-7-3/h7-9H,2,4-5H2,1,3H3. The number of rotatable bonds is 5. The first-order valence-electron chi connectivity index (χ1n) is 3.12. The largest absolute Gasteiger partial charge is 0.388 e. The molecule has 0 saturated carbocycles. The Morgan fingerprint density at radius 3 is 2.67 bits per heavy atom. The fourth-order valence-electron chi connectivity index (χ4n) is 0.508. The molecule has 0 atom stereocenters. The molecule has 0 saturated heterocycles. The summed E-state index contributed by atoms with van der Waals surface area (Å²) in [5.41, 5.74) is 6.73. The van der Waals surface area contributed by atoms with Crippen molar-refractivity contribution in [1.82, 2.24) is 16.2 Å². The third-order valence-corrected chi connectivity index (χ3v) is 0.905. The summed E-state index contributed by atoms with van der Waals surface area (Å²) in [5.74, 6) is 0. The predicted octanol–water partition coefficient (Wildman–Crippen LogP) is -0.166. The SMILES string of the molecule is C=C(CNNC)NCC. The number of nitrogens with one attached hydrogen (secondary N) is 3. The maximum atomic E-state index is 3.77. The third kappa shape index (κ3) is 5.33. The Labute approximate surface area is 56.5 Å². The van der Waals surface area contributed by atoms with Crippen molar-refractivity contribution in [3.05, 3.63) is 12.3 Å². The molecule has 3 N–H and O–H groups in total. The second-order valence-electron chi connectivity index (χ2n) is 1.74. The molecule has 0 aromatic carbocycles. The van der Waals surface area contributed by atoms with Crippen molar-refractivity contribution in [1.29, 1.82) is 0 Å². The molecule has 0 aromatic heterocycles. The zero-order chi connectivity index (χ0) is 7.11. The van der Waals surface area contributed by atoms with Gasteiger partial charge in [-0.1, -0.05) is 6.58 Å². The van der Waals surface area contributed by atoms with Crippen LogP contribution in [0, 0.1) is 0 Å². The van der Waals surface area contributed by atoms with Gasteiger partial charge in [-0.25, -0.2) is 0 Å². The number of hydrogen-bond acceptors (Lipinski definition) is 3. The van der Waals surface area contributed by atoms with Crippen LogP contribution in [0.15, 0.2) is 12.3 Å². The molecule has 0 spiro atoms. The van der Waals surface area contributed by atoms with Crippen molar-refractivity contribution in [2.75, 3.05) is 20.1 Å². The molecule has 0 unspecified atom stereocenters. The van der Waals surface area contributed by atoms with E-state index in [1.807, 2.05) is 14.0 Å². The van der Waals surface area contributed by atoms with E-state index in [0.717, 1.165) is 18.8 Å². The maximum Gasteiger partial charge on any atom is 0.0492 e. The van der Waals surface area contributed by atoms with Crippen LogP contribution in [0.2, 0.25) is 0 Å². The van der Waals surface area contributed by atoms with Crippen LogP contribution in [0.1, 0.15) is 6.92 Å². The van der Waals surface area contributed by atoms with Crippen molar-refractivity contribution in [3.63, 3.8) is 0 Å². The topological polar surface area (TPSA) is 36.1 Å². The van der Waals surface area contributed by atoms with Gasteiger partial charge in [0, 0.05) is 18.8 Å². The predicted molar refractivity (Wildman–Crippen MR) is 39.9 cm³/mol. The fourth-order valence-corrected chi connectivity index (χ4v) is 0.508. The smallest absolute Gasteiger partial charge is 0.0492 e. The highest BCUT2D eigenvalue weighted by Crippen LogP contribution is 1.75. The molecule has 0 rings (SSSR count). The van der Waals surface area contributed by atoms with E-state index in [9.17, 15) is 0 Å². The molecule has 0 aromatic rings. The highest BCUT2D eigenvalue weighted by Gasteiger charge is 1.85. The monoisotopic (exact) mass is 129 g/mol. The lowest BCUT2D eigenvalue weighted by Crippen LogP contribution is -2.32. The second-order valence-corrected chi connectivity index (χ2v) is 1.74. The van der Waals surface area contributed by atoms with E-state index < -0.39 is 0 Å². The van der Waals surface area contributed by atoms with Gasteiger partial charge < -0.3 is 5.32 Å². The van der Waals surface area contributed by atoms with Gasteiger partial charge in [0.2, 0.25) is 0 Å². The zero-order valence-electron chi connectivity index (χ0n) is 6.12. The summed E-state index contributed by atoms with van der Waals surface area (Å²) < 4.78 is 0. The Hall–Kier alpha value is -0.540. The fraction of sp³-hybridized carbons (Fsp3) is 0.667. The summed E-state index contributed by atoms with van der Waals surface area (Å²) in [6.07, 6.45) is 0. The van der Waals surface area contributed by atoms with E-state index in [1.54, 1.807) is 0 Å². The Morgan fingerprint density at radius 2 is 2.22 bits per heavy atom. The Balaban J connectivity index is 3.06. The van der Waals surface area contributed by atoms with Gasteiger partial charge in [0.05, 0.1) is 0 Å². The molecule has 0 fully saturated rings. The minimum Gasteiger partial charge on any atom is -0.388 e. The lowest BCUT2D eigenvalue weighted by atomic mass is 10.5. The molecular formula is C6H15N3. The molecule has 54 valence electrons. The first-order chi connectivity index (χ1) is 4.31. The van der Waals surface area contributed by atoms with Crippen molar-refractivity contribution in [2.24, 2.45) is 0 Å². The van der Waals surface area contributed by atoms with Crippen molar-refractivity contribution in [2.45, 2.75) is 6.92 Å². The number of likely N-dealkylation sites (N-methyl/N-ethyl adjacent to an activating group) is 1. The first-order valence-corrected chi connectivity index (χ1v) is 3.12. The lowest BCUT2D eigenvalue weighted by molar-refractivity contribution is 0.612. The third-order valence-electron chi connectivity index (χ3n) is 0.905. The summed E-state index contributed by atoms with van der Waals surface area (Å²) in [5, 5.41) is 3.08. The molecule has 3 heteroatoms. The van der Waals surface area contributed by atoms with Crippen molar-refractivity contribution < 1.29 is 0 Å². The van der Waals surface area contributed by atoms with E-state index in [0.29, 0.717) is 0 Å². The number of hydrogen-bond donors (Lipinski definition) is 3. The molecule has 3 nitrogen and oxygen atoms in total. The average Bonchev–Trinajstić information content (AvgIpc) is 1.85. The highest BCUT2D eigenvalue weighted by molar-refractivity contribution is 4.91. The van der Waals surface area contributed by atoms with Gasteiger partial charge in [0.15, 0.2) is 0 Å². The summed E-state index contributed by atoms with van der Waals surface area (Å²) in [7, 11) is 1.83. The molecule has 0 amide bonds. The lowest BCUT2D eigenvalue weighted by Gasteiger charge is -2.06. The molecule has 0 aliphatic rings. The quantitative estimate of drug-likeness (QED) is 0.451. The maximum absolute atomic E-state index is 3.77. The van der Waals surface area contributed by atoms with E-state index in [1.165, 1.54) is 0 Å². The molecule has 0 heterocycles. The average molecular weight is 129 g/mol. The molecule has 0 aliphatic heterocycles. The molecular weight excluding hydrogens is 114 g/mol. The zero-order valence-corrected chi connectivity index (χ0v) is 6.12. The summed E-state index contributed by atoms with van der Waals surface area (Å²) in [6.45, 7) is 7.52. The Bertz CT molecular complexity index is 80.4. The van der Waals surface area contributed by atoms with Gasteiger partial charge >= 0.3 is 0 Å². The van der Waals surface area contributed by atoms with Gasteiger partial charge in [-0.05, 0) is 14.0 Å². The van der Waals surface area contributed by atoms with E-state index in [-0.39, 0.29) is 0 Å². The van der Waals surface area contributed by atoms with Gasteiger partial charge in [-0.2, -0.15) is 0 Å². The van der Waals surface area contributed by atoms with Gasteiger partial charge in [0.1, 0.15) is 0 Å². The second kappa shape index (κ2) is 5.59. The molecule has 0 aliphatic carbocycles. The van der Waals surface area contributed by atoms with Gasteiger partial charge in [-0.15, -0.1) is 0 Å². The van der Waals surface area contributed by atoms with Crippen molar-refractivity contribution in [3.8, 4) is 0 Å². The van der Waals surface area contributed by atoms with Crippen molar-refractivity contribution >= 4 is 0 Å². The van der Waals surface area contributed by atoms with E-state index in [2.05, 4.69) is 22.7 Å². The molecule has 0 radical (unpaired) electrons. The van der Waals surface area contributed by atoms with Gasteiger partial charge in [-0.3, -0.25) is 10.9 Å². The Kier molecular flexibility index (Phi) is 5.26. The van der Waals surface area contributed by atoms with Crippen LogP contribution in [-0.4, -0.2) is 20.1 Å². The Morgan fingerprint density at radius 1 is 1.56 bits per heavy atom. The molecule has 9 heavy (non-hydrogen) atoms. The van der Waals surface area contributed by atoms with Crippen LogP contribution in [0.4, 0.5) is 0 Å². The summed E-state index contributed by atoms with van der Waals surface area (Å²) in [4.78, 5) is 0. The van der Waals surface area contributed by atoms with Crippen LogP contribution in [0.25, 0.3) is 0 Å². The van der Waals surface area contributed by atoms with Crippen LogP contribution < -0.4 is 16.2 Å². The minimum atomic E-state index is 0.768. The first kappa shape index (κ1) is 8.46. The normalized spacial score (nSPS) is 9.11. The number of hydrazine groups is 1. The summed E-state index contributed by atoms with van der Waals surface area (Å²) >= 11 is 0. The summed E-state index contributed by atoms with van der Waals surface area (Å²) in [6, 6.07) is 0.